The van der Waals surface area contributed by atoms with Crippen molar-refractivity contribution in [1.29, 1.82) is 0 Å². The lowest BCUT2D eigenvalue weighted by Crippen LogP contribution is -2.77. The Balaban J connectivity index is 1.84. The maximum absolute atomic E-state index is 14.0. The average Bonchev–Trinajstić information content (AvgIpc) is 2.84. The number of primary amides is 1. The third-order valence-corrected chi connectivity index (χ3v) is 8.43. The molecule has 3 aliphatic rings. The van der Waals surface area contributed by atoms with E-state index in [1.54, 1.807) is 27.7 Å². The summed E-state index contributed by atoms with van der Waals surface area (Å²) in [4.78, 5) is 80.2. The summed E-state index contributed by atoms with van der Waals surface area (Å²) in [6, 6.07) is 1.59. The van der Waals surface area contributed by atoms with Crippen LogP contribution in [0.4, 0.5) is 0 Å². The SMILES string of the molecule is C[C@H]1c2ccc(/C=C\C(=O)NC(C)(C)C)c(O)c2C(=O)C2C(=O)[C@]3(O)C(=O)C(C(N)=O)C(=O)[C@@H](N(C)C)[C@@H]3[C@@H](O)[C@@H]21. The van der Waals surface area contributed by atoms with Crippen molar-refractivity contribution in [3.05, 3.63) is 34.9 Å². The highest BCUT2D eigenvalue weighted by molar-refractivity contribution is 6.32. The lowest BCUT2D eigenvalue weighted by atomic mass is 9.49. The fraction of sp³-hybridized carbons (Fsp3) is 0.517. The van der Waals surface area contributed by atoms with Gasteiger partial charge in [-0.05, 0) is 52.4 Å². The van der Waals surface area contributed by atoms with Gasteiger partial charge in [0.05, 0.1) is 29.5 Å². The molecule has 2 fully saturated rings. The van der Waals surface area contributed by atoms with Crippen LogP contribution in [0.25, 0.3) is 6.08 Å². The second-order valence-electron chi connectivity index (χ2n) is 12.4. The molecule has 41 heavy (non-hydrogen) atoms. The van der Waals surface area contributed by atoms with Gasteiger partial charge in [-0.25, -0.2) is 0 Å². The fourth-order valence-electron chi connectivity index (χ4n) is 6.72. The summed E-state index contributed by atoms with van der Waals surface area (Å²) in [5.74, 6) is -14.4. The number of aliphatic hydroxyl groups excluding tert-OH is 1. The second-order valence-corrected chi connectivity index (χ2v) is 12.4. The topological polar surface area (TPSA) is 204 Å². The number of ketones is 4. The van der Waals surface area contributed by atoms with Crippen LogP contribution in [0.5, 0.6) is 5.75 Å². The minimum atomic E-state index is -3.06. The maximum Gasteiger partial charge on any atom is 0.244 e. The average molecular weight is 570 g/mol. The summed E-state index contributed by atoms with van der Waals surface area (Å²) >= 11 is 0. The molecular formula is C29H35N3O9. The summed E-state index contributed by atoms with van der Waals surface area (Å²) in [5, 5.41) is 37.1. The highest BCUT2D eigenvalue weighted by Gasteiger charge is 2.72. The van der Waals surface area contributed by atoms with E-state index >= 15 is 0 Å². The first-order chi connectivity index (χ1) is 18.9. The van der Waals surface area contributed by atoms with E-state index in [1.165, 1.54) is 43.3 Å². The number of nitrogens with zero attached hydrogens (tertiary/aromatic N) is 1. The van der Waals surface area contributed by atoms with Crippen molar-refractivity contribution in [2.45, 2.75) is 56.9 Å². The summed E-state index contributed by atoms with van der Waals surface area (Å²) in [5.41, 5.74) is 1.92. The number of phenols is 1. The van der Waals surface area contributed by atoms with Crippen LogP contribution in [0.15, 0.2) is 18.2 Å². The molecule has 0 bridgehead atoms. The number of likely N-dealkylation sites (N-methyl/N-ethyl adjacent to an activating group) is 1. The van der Waals surface area contributed by atoms with E-state index < -0.39 is 93.6 Å². The van der Waals surface area contributed by atoms with Crippen LogP contribution in [0.2, 0.25) is 0 Å². The lowest BCUT2D eigenvalue weighted by Gasteiger charge is -2.56. The van der Waals surface area contributed by atoms with Crippen LogP contribution in [0, 0.1) is 23.7 Å². The van der Waals surface area contributed by atoms with Crippen LogP contribution in [0.1, 0.15) is 55.1 Å². The van der Waals surface area contributed by atoms with Crippen molar-refractivity contribution < 1.29 is 44.1 Å². The van der Waals surface area contributed by atoms with E-state index in [4.69, 9.17) is 5.73 Å². The molecule has 0 spiro atoms. The van der Waals surface area contributed by atoms with Gasteiger partial charge < -0.3 is 26.4 Å². The van der Waals surface area contributed by atoms with Crippen molar-refractivity contribution in [3.63, 3.8) is 0 Å². The molecule has 4 rings (SSSR count). The minimum Gasteiger partial charge on any atom is -0.507 e. The molecule has 6 N–H and O–H groups in total. The Morgan fingerprint density at radius 3 is 2.24 bits per heavy atom. The number of amides is 2. The van der Waals surface area contributed by atoms with Crippen molar-refractivity contribution in [1.82, 2.24) is 10.2 Å². The summed E-state index contributed by atoms with van der Waals surface area (Å²) in [7, 11) is 2.86. The van der Waals surface area contributed by atoms with Gasteiger partial charge in [0, 0.05) is 23.1 Å². The van der Waals surface area contributed by atoms with Crippen LogP contribution < -0.4 is 11.1 Å². The number of rotatable bonds is 4. The zero-order valence-electron chi connectivity index (χ0n) is 23.7. The van der Waals surface area contributed by atoms with Gasteiger partial charge in [-0.1, -0.05) is 19.1 Å². The summed E-state index contributed by atoms with van der Waals surface area (Å²) < 4.78 is 0. The van der Waals surface area contributed by atoms with Crippen molar-refractivity contribution in [3.8, 4) is 5.75 Å². The number of nitrogens with two attached hydrogens (primary N) is 1. The second kappa shape index (κ2) is 9.97. The van der Waals surface area contributed by atoms with Crippen LogP contribution in [-0.4, -0.2) is 92.5 Å². The van der Waals surface area contributed by atoms with Crippen molar-refractivity contribution in [2.75, 3.05) is 14.1 Å². The van der Waals surface area contributed by atoms with Crippen molar-refractivity contribution >= 4 is 41.0 Å². The zero-order valence-corrected chi connectivity index (χ0v) is 23.7. The van der Waals surface area contributed by atoms with Gasteiger partial charge in [0.15, 0.2) is 34.7 Å². The molecule has 1 aromatic rings. The Labute approximate surface area is 236 Å². The van der Waals surface area contributed by atoms with Gasteiger partial charge in [-0.2, -0.15) is 0 Å². The Bertz CT molecular complexity index is 1410. The van der Waals surface area contributed by atoms with E-state index in [9.17, 15) is 44.1 Å². The number of hydrogen-bond acceptors (Lipinski definition) is 10. The molecule has 2 saturated carbocycles. The van der Waals surface area contributed by atoms with E-state index in [0.717, 1.165) is 0 Å². The molecule has 0 saturated heterocycles. The smallest absolute Gasteiger partial charge is 0.244 e. The summed E-state index contributed by atoms with van der Waals surface area (Å²) in [6.45, 7) is 7.00. The van der Waals surface area contributed by atoms with Gasteiger partial charge in [-0.3, -0.25) is 33.7 Å². The number of fused-ring (bicyclic) bond motifs is 3. The molecule has 8 atom stereocenters. The number of carbonyl (C=O) groups excluding carboxylic acids is 6. The largest absolute Gasteiger partial charge is 0.507 e. The highest BCUT2D eigenvalue weighted by atomic mass is 16.3. The third kappa shape index (κ3) is 4.50. The van der Waals surface area contributed by atoms with E-state index in [2.05, 4.69) is 5.32 Å². The van der Waals surface area contributed by atoms with Gasteiger partial charge in [0.2, 0.25) is 11.8 Å². The van der Waals surface area contributed by atoms with Crippen LogP contribution >= 0.6 is 0 Å². The number of Topliss-reactive ketones (excluding diaryl/α,β-unsaturated/α-hetero) is 4. The number of aromatic hydroxyl groups is 1. The van der Waals surface area contributed by atoms with Crippen LogP contribution in [0.3, 0.4) is 0 Å². The quantitative estimate of drug-likeness (QED) is 0.228. The van der Waals surface area contributed by atoms with Gasteiger partial charge >= 0.3 is 0 Å². The monoisotopic (exact) mass is 569 g/mol. The number of nitrogens with one attached hydrogen (secondary N) is 1. The minimum absolute atomic E-state index is 0.105. The summed E-state index contributed by atoms with van der Waals surface area (Å²) in [6.07, 6.45) is 0.779. The number of aliphatic hydroxyl groups is 2. The standard InChI is InChI=1S/C29H35N3O9/c1-11-13-9-7-12(8-10-14(33)31-28(2,3)4)21(34)16(13)22(35)17-15(11)23(36)19-20(32(5)6)24(37)18(27(30)40)26(39)29(19,41)25(17)38/h7-11,15,17-20,23,34,36,41H,1-6H3,(H2,30,40)(H,31,33)/b10-8-/t11-,15+,17?,18?,19+,20-,23-,29-/m0/s1. The van der Waals surface area contributed by atoms with E-state index in [-0.39, 0.29) is 11.1 Å². The number of carbonyl (C=O) groups is 6. The molecule has 0 radical (unpaired) electrons. The van der Waals surface area contributed by atoms with E-state index in [0.29, 0.717) is 5.56 Å². The Kier molecular flexibility index (Phi) is 7.35. The molecule has 2 unspecified atom stereocenters. The predicted molar refractivity (Wildman–Crippen MR) is 144 cm³/mol. The first-order valence-electron chi connectivity index (χ1n) is 13.2. The molecule has 12 heteroatoms. The highest BCUT2D eigenvalue weighted by Crippen LogP contribution is 2.54. The molecule has 1 aromatic carbocycles. The molecule has 0 aliphatic heterocycles. The van der Waals surface area contributed by atoms with Crippen LogP contribution in [-0.2, 0) is 24.0 Å². The zero-order chi connectivity index (χ0) is 30.9. The number of hydrogen-bond donors (Lipinski definition) is 5. The molecule has 0 aromatic heterocycles. The van der Waals surface area contributed by atoms with Gasteiger partial charge in [0.25, 0.3) is 0 Å². The van der Waals surface area contributed by atoms with Gasteiger partial charge in [0.1, 0.15) is 5.75 Å². The maximum atomic E-state index is 14.0. The Hall–Kier alpha value is -3.74. The molecule has 2 amide bonds. The first-order valence-corrected chi connectivity index (χ1v) is 13.2. The number of benzene rings is 1. The third-order valence-electron chi connectivity index (χ3n) is 8.43. The Morgan fingerprint density at radius 1 is 1.10 bits per heavy atom. The predicted octanol–water partition coefficient (Wildman–Crippen LogP) is -0.673. The van der Waals surface area contributed by atoms with E-state index in [1.807, 2.05) is 0 Å². The fourth-order valence-corrected chi connectivity index (χ4v) is 6.72. The molecular weight excluding hydrogens is 534 g/mol. The lowest BCUT2D eigenvalue weighted by molar-refractivity contribution is -0.196. The first kappa shape index (κ1) is 30.2. The van der Waals surface area contributed by atoms with Gasteiger partial charge in [-0.15, -0.1) is 0 Å². The Morgan fingerprint density at radius 2 is 1.71 bits per heavy atom. The molecule has 3 aliphatic carbocycles. The molecule has 0 heterocycles. The molecule has 12 nitrogen and oxygen atoms in total. The normalized spacial score (nSPS) is 33.4. The van der Waals surface area contributed by atoms with Crippen molar-refractivity contribution in [2.24, 2.45) is 29.4 Å². The number of phenolic OH excluding ortho intramolecular Hbond substituents is 1. The molecule has 220 valence electrons.